The van der Waals surface area contributed by atoms with Gasteiger partial charge in [0.05, 0.1) is 5.69 Å². The third-order valence-corrected chi connectivity index (χ3v) is 2.41. The number of halogens is 1. The molecule has 1 unspecified atom stereocenters. The Bertz CT molecular complexity index is 570. The molecule has 2 aromatic rings. The lowest BCUT2D eigenvalue weighted by atomic mass is 10.3. The number of rotatable bonds is 4. The van der Waals surface area contributed by atoms with Crippen LogP contribution in [0, 0.1) is 0 Å². The SMILES string of the molecule is CC(Oc1ncn(-c2cccc(Cl)c2)n1)C(=O)O. The molecule has 1 heterocycles. The Morgan fingerprint density at radius 3 is 3.00 bits per heavy atom. The highest BCUT2D eigenvalue weighted by Crippen LogP contribution is 2.15. The highest BCUT2D eigenvalue weighted by molar-refractivity contribution is 6.30. The van der Waals surface area contributed by atoms with E-state index in [1.807, 2.05) is 0 Å². The van der Waals surface area contributed by atoms with Gasteiger partial charge in [0.2, 0.25) is 0 Å². The molecule has 1 aromatic carbocycles. The summed E-state index contributed by atoms with van der Waals surface area (Å²) in [6.07, 6.45) is 0.426. The Hall–Kier alpha value is -2.08. The lowest BCUT2D eigenvalue weighted by molar-refractivity contribution is -0.144. The van der Waals surface area contributed by atoms with Gasteiger partial charge >= 0.3 is 12.0 Å². The fourth-order valence-electron chi connectivity index (χ4n) is 1.25. The van der Waals surface area contributed by atoms with Gasteiger partial charge in [0, 0.05) is 5.02 Å². The number of carboxylic acid groups (broad SMARTS) is 1. The van der Waals surface area contributed by atoms with Crippen molar-refractivity contribution in [2.45, 2.75) is 13.0 Å². The minimum atomic E-state index is -1.07. The van der Waals surface area contributed by atoms with Crippen LogP contribution < -0.4 is 4.74 Å². The van der Waals surface area contributed by atoms with E-state index in [1.165, 1.54) is 17.9 Å². The number of nitrogens with zero attached hydrogens (tertiary/aromatic N) is 3. The van der Waals surface area contributed by atoms with Gasteiger partial charge in [0.15, 0.2) is 6.10 Å². The first-order valence-corrected chi connectivity index (χ1v) is 5.51. The first-order chi connectivity index (χ1) is 8.56. The maximum atomic E-state index is 10.6. The third kappa shape index (κ3) is 2.78. The summed E-state index contributed by atoms with van der Waals surface area (Å²) >= 11 is 5.86. The van der Waals surface area contributed by atoms with E-state index in [1.54, 1.807) is 24.3 Å². The first-order valence-electron chi connectivity index (χ1n) is 5.13. The van der Waals surface area contributed by atoms with Gasteiger partial charge < -0.3 is 9.84 Å². The summed E-state index contributed by atoms with van der Waals surface area (Å²) in [5.74, 6) is -1.07. The summed E-state index contributed by atoms with van der Waals surface area (Å²) in [7, 11) is 0. The smallest absolute Gasteiger partial charge is 0.344 e. The maximum Gasteiger partial charge on any atom is 0.344 e. The molecule has 18 heavy (non-hydrogen) atoms. The molecule has 1 aromatic heterocycles. The average molecular weight is 268 g/mol. The molecule has 0 aliphatic rings. The van der Waals surface area contributed by atoms with Gasteiger partial charge in [0.1, 0.15) is 6.33 Å². The number of carbonyl (C=O) groups is 1. The Morgan fingerprint density at radius 1 is 1.56 bits per heavy atom. The van der Waals surface area contributed by atoms with Gasteiger partial charge in [-0.05, 0) is 25.1 Å². The molecule has 2 rings (SSSR count). The largest absolute Gasteiger partial charge is 0.479 e. The van der Waals surface area contributed by atoms with Crippen molar-refractivity contribution < 1.29 is 14.6 Å². The Kier molecular flexibility index (Phi) is 3.47. The Labute approximate surface area is 108 Å². The zero-order valence-corrected chi connectivity index (χ0v) is 10.2. The fourth-order valence-corrected chi connectivity index (χ4v) is 1.44. The van der Waals surface area contributed by atoms with E-state index in [9.17, 15) is 4.79 Å². The summed E-state index contributed by atoms with van der Waals surface area (Å²) in [4.78, 5) is 14.5. The van der Waals surface area contributed by atoms with Crippen LogP contribution in [0.2, 0.25) is 5.02 Å². The molecule has 1 N–H and O–H groups in total. The maximum absolute atomic E-state index is 10.6. The highest BCUT2D eigenvalue weighted by Gasteiger charge is 2.15. The highest BCUT2D eigenvalue weighted by atomic mass is 35.5. The summed E-state index contributed by atoms with van der Waals surface area (Å²) in [5, 5.41) is 13.3. The minimum absolute atomic E-state index is 0.00451. The van der Waals surface area contributed by atoms with E-state index in [0.29, 0.717) is 10.7 Å². The molecule has 94 valence electrons. The number of carboxylic acids is 1. The van der Waals surface area contributed by atoms with E-state index >= 15 is 0 Å². The second kappa shape index (κ2) is 5.05. The summed E-state index contributed by atoms with van der Waals surface area (Å²) in [6, 6.07) is 7.03. The van der Waals surface area contributed by atoms with Crippen molar-refractivity contribution in [1.82, 2.24) is 14.8 Å². The van der Waals surface area contributed by atoms with Crippen molar-refractivity contribution in [3.8, 4) is 11.7 Å². The van der Waals surface area contributed by atoms with Crippen molar-refractivity contribution in [2.24, 2.45) is 0 Å². The van der Waals surface area contributed by atoms with Crippen LogP contribution in [0.15, 0.2) is 30.6 Å². The van der Waals surface area contributed by atoms with Crippen LogP contribution in [0.25, 0.3) is 5.69 Å². The van der Waals surface area contributed by atoms with E-state index in [4.69, 9.17) is 21.4 Å². The molecule has 0 aliphatic heterocycles. The lowest BCUT2D eigenvalue weighted by Crippen LogP contribution is -2.23. The Balaban J connectivity index is 2.18. The molecule has 0 spiro atoms. The summed E-state index contributed by atoms with van der Waals surface area (Å²) in [6.45, 7) is 1.41. The predicted molar refractivity (Wildman–Crippen MR) is 64.1 cm³/mol. The molecular weight excluding hydrogens is 258 g/mol. The van der Waals surface area contributed by atoms with Crippen molar-refractivity contribution in [3.63, 3.8) is 0 Å². The van der Waals surface area contributed by atoms with Crippen LogP contribution in [0.4, 0.5) is 0 Å². The number of ether oxygens (including phenoxy) is 1. The molecule has 0 radical (unpaired) electrons. The summed E-state index contributed by atoms with van der Waals surface area (Å²) in [5.41, 5.74) is 0.716. The van der Waals surface area contributed by atoms with Gasteiger partial charge in [-0.1, -0.05) is 17.7 Å². The molecule has 6 nitrogen and oxygen atoms in total. The fraction of sp³-hybridized carbons (Fsp3) is 0.182. The van der Waals surface area contributed by atoms with Crippen LogP contribution in [-0.2, 0) is 4.79 Å². The lowest BCUT2D eigenvalue weighted by Gasteiger charge is -2.05. The zero-order valence-electron chi connectivity index (χ0n) is 9.45. The zero-order chi connectivity index (χ0) is 13.1. The number of aliphatic carboxylic acids is 1. The normalized spacial score (nSPS) is 12.1. The minimum Gasteiger partial charge on any atom is -0.479 e. The van der Waals surface area contributed by atoms with Gasteiger partial charge in [0.25, 0.3) is 0 Å². The Morgan fingerprint density at radius 2 is 2.33 bits per heavy atom. The molecular formula is C11H10ClN3O3. The molecule has 0 saturated heterocycles. The quantitative estimate of drug-likeness (QED) is 0.913. The van der Waals surface area contributed by atoms with Crippen LogP contribution in [0.3, 0.4) is 0 Å². The molecule has 0 aliphatic carbocycles. The van der Waals surface area contributed by atoms with E-state index < -0.39 is 12.1 Å². The van der Waals surface area contributed by atoms with Gasteiger partial charge in [-0.2, -0.15) is 4.98 Å². The second-order valence-electron chi connectivity index (χ2n) is 3.55. The van der Waals surface area contributed by atoms with E-state index in [0.717, 1.165) is 0 Å². The molecule has 0 saturated carbocycles. The third-order valence-electron chi connectivity index (χ3n) is 2.17. The molecule has 0 fully saturated rings. The molecule has 0 amide bonds. The second-order valence-corrected chi connectivity index (χ2v) is 3.99. The van der Waals surface area contributed by atoms with Gasteiger partial charge in [-0.25, -0.2) is 9.48 Å². The standard InChI is InChI=1S/C11H10ClN3O3/c1-7(10(16)17)18-11-13-6-15(14-11)9-4-2-3-8(12)5-9/h2-7H,1H3,(H,16,17). The molecule has 1 atom stereocenters. The van der Waals surface area contributed by atoms with Crippen molar-refractivity contribution in [3.05, 3.63) is 35.6 Å². The van der Waals surface area contributed by atoms with Crippen molar-refractivity contribution >= 4 is 17.6 Å². The topological polar surface area (TPSA) is 77.2 Å². The van der Waals surface area contributed by atoms with Crippen LogP contribution in [0.1, 0.15) is 6.92 Å². The van der Waals surface area contributed by atoms with Crippen molar-refractivity contribution in [1.29, 1.82) is 0 Å². The van der Waals surface area contributed by atoms with Crippen LogP contribution >= 0.6 is 11.6 Å². The number of aromatic nitrogens is 3. The number of hydrogen-bond donors (Lipinski definition) is 1. The summed E-state index contributed by atoms with van der Waals surface area (Å²) < 4.78 is 6.49. The number of benzene rings is 1. The predicted octanol–water partition coefficient (Wildman–Crippen LogP) is 1.77. The monoisotopic (exact) mass is 267 g/mol. The molecule has 0 bridgehead atoms. The van der Waals surface area contributed by atoms with E-state index in [2.05, 4.69) is 10.1 Å². The molecule has 7 heteroatoms. The van der Waals surface area contributed by atoms with E-state index in [-0.39, 0.29) is 6.01 Å². The van der Waals surface area contributed by atoms with Crippen LogP contribution in [-0.4, -0.2) is 31.9 Å². The van der Waals surface area contributed by atoms with Crippen molar-refractivity contribution in [2.75, 3.05) is 0 Å². The van der Waals surface area contributed by atoms with Crippen LogP contribution in [0.5, 0.6) is 6.01 Å². The first kappa shape index (κ1) is 12.4. The average Bonchev–Trinajstić information content (AvgIpc) is 2.77. The van der Waals surface area contributed by atoms with Gasteiger partial charge in [-0.15, -0.1) is 5.10 Å². The van der Waals surface area contributed by atoms with Gasteiger partial charge in [-0.3, -0.25) is 0 Å². The number of hydrogen-bond acceptors (Lipinski definition) is 4.